The van der Waals surface area contributed by atoms with Gasteiger partial charge in [0.05, 0.1) is 25.9 Å². The third-order valence-electron chi connectivity index (χ3n) is 3.11. The summed E-state index contributed by atoms with van der Waals surface area (Å²) in [6.45, 7) is 0.833. The highest BCUT2D eigenvalue weighted by molar-refractivity contribution is 9.10. The summed E-state index contributed by atoms with van der Waals surface area (Å²) < 4.78 is 11.2. The van der Waals surface area contributed by atoms with Crippen molar-refractivity contribution >= 4 is 27.7 Å². The minimum Gasteiger partial charge on any atom is -0.496 e. The number of benzene rings is 1. The maximum atomic E-state index is 12.6. The summed E-state index contributed by atoms with van der Waals surface area (Å²) in [7, 11) is 1.49. The van der Waals surface area contributed by atoms with Gasteiger partial charge in [-0.25, -0.2) is 0 Å². The Morgan fingerprint density at radius 3 is 2.90 bits per heavy atom. The SMILES string of the molecule is COc1cc(Br)ccc1C(=O)N1CCOCC1C(N)=O. The smallest absolute Gasteiger partial charge is 0.258 e. The molecule has 1 unspecified atom stereocenters. The molecule has 1 aliphatic rings. The lowest BCUT2D eigenvalue weighted by Gasteiger charge is -2.33. The first kappa shape index (κ1) is 14.8. The zero-order chi connectivity index (χ0) is 14.7. The van der Waals surface area contributed by atoms with Crippen molar-refractivity contribution in [2.45, 2.75) is 6.04 Å². The first-order chi connectivity index (χ1) is 9.54. The van der Waals surface area contributed by atoms with Gasteiger partial charge in [0.25, 0.3) is 5.91 Å². The van der Waals surface area contributed by atoms with Crippen LogP contribution in [0, 0.1) is 0 Å². The van der Waals surface area contributed by atoms with Crippen molar-refractivity contribution in [1.29, 1.82) is 0 Å². The lowest BCUT2D eigenvalue weighted by molar-refractivity contribution is -0.127. The minimum absolute atomic E-state index is 0.125. The van der Waals surface area contributed by atoms with Crippen LogP contribution in [0.1, 0.15) is 10.4 Å². The van der Waals surface area contributed by atoms with E-state index in [2.05, 4.69) is 15.9 Å². The van der Waals surface area contributed by atoms with E-state index in [-0.39, 0.29) is 12.5 Å². The molecule has 7 heteroatoms. The fourth-order valence-electron chi connectivity index (χ4n) is 2.08. The number of carbonyl (C=O) groups excluding carboxylic acids is 2. The highest BCUT2D eigenvalue weighted by atomic mass is 79.9. The van der Waals surface area contributed by atoms with Gasteiger partial charge in [-0.1, -0.05) is 15.9 Å². The molecule has 0 aromatic heterocycles. The first-order valence-corrected chi connectivity index (χ1v) is 6.85. The molecule has 1 atom stereocenters. The second-order valence-electron chi connectivity index (χ2n) is 4.34. The predicted molar refractivity (Wildman–Crippen MR) is 75.5 cm³/mol. The first-order valence-electron chi connectivity index (χ1n) is 6.06. The molecule has 2 rings (SSSR count). The van der Waals surface area contributed by atoms with Crippen molar-refractivity contribution in [3.8, 4) is 5.75 Å². The summed E-state index contributed by atoms with van der Waals surface area (Å²) in [4.78, 5) is 25.4. The number of hydrogen-bond donors (Lipinski definition) is 1. The summed E-state index contributed by atoms with van der Waals surface area (Å²) in [5.74, 6) is -0.422. The summed E-state index contributed by atoms with van der Waals surface area (Å²) in [5.41, 5.74) is 5.71. The van der Waals surface area contributed by atoms with Gasteiger partial charge in [0.15, 0.2) is 0 Å². The summed E-state index contributed by atoms with van der Waals surface area (Å²) in [6, 6.07) is 4.35. The molecule has 0 bridgehead atoms. The molecule has 0 spiro atoms. The monoisotopic (exact) mass is 342 g/mol. The number of amides is 2. The van der Waals surface area contributed by atoms with E-state index in [0.717, 1.165) is 4.47 Å². The molecule has 2 amide bonds. The molecule has 1 aromatic rings. The molecule has 1 saturated heterocycles. The average Bonchev–Trinajstić information content (AvgIpc) is 2.46. The zero-order valence-electron chi connectivity index (χ0n) is 11.0. The van der Waals surface area contributed by atoms with Crippen LogP contribution >= 0.6 is 15.9 Å². The van der Waals surface area contributed by atoms with Crippen molar-refractivity contribution in [2.24, 2.45) is 5.73 Å². The fourth-order valence-corrected chi connectivity index (χ4v) is 2.42. The van der Waals surface area contributed by atoms with Gasteiger partial charge in [-0.05, 0) is 18.2 Å². The second-order valence-corrected chi connectivity index (χ2v) is 5.25. The summed E-state index contributed by atoms with van der Waals surface area (Å²) >= 11 is 3.32. The molecule has 1 aromatic carbocycles. The molecular weight excluding hydrogens is 328 g/mol. The Morgan fingerprint density at radius 2 is 2.25 bits per heavy atom. The van der Waals surface area contributed by atoms with Gasteiger partial charge in [-0.15, -0.1) is 0 Å². The van der Waals surface area contributed by atoms with E-state index in [4.69, 9.17) is 15.2 Å². The van der Waals surface area contributed by atoms with Crippen LogP contribution in [-0.2, 0) is 9.53 Å². The number of nitrogens with two attached hydrogens (primary N) is 1. The number of methoxy groups -OCH3 is 1. The Balaban J connectivity index is 2.32. The van der Waals surface area contributed by atoms with Crippen LogP contribution in [0.3, 0.4) is 0 Å². The van der Waals surface area contributed by atoms with E-state index in [0.29, 0.717) is 24.5 Å². The number of halogens is 1. The molecular formula is C13H15BrN2O4. The fraction of sp³-hybridized carbons (Fsp3) is 0.385. The van der Waals surface area contributed by atoms with Crippen molar-refractivity contribution in [3.05, 3.63) is 28.2 Å². The molecule has 2 N–H and O–H groups in total. The van der Waals surface area contributed by atoms with Gasteiger partial charge in [0.1, 0.15) is 11.8 Å². The maximum absolute atomic E-state index is 12.6. The molecule has 1 aliphatic heterocycles. The number of morpholine rings is 1. The van der Waals surface area contributed by atoms with Crippen LogP contribution in [-0.4, -0.2) is 49.6 Å². The van der Waals surface area contributed by atoms with Crippen molar-refractivity contribution in [1.82, 2.24) is 4.90 Å². The Labute approximate surface area is 124 Å². The molecule has 20 heavy (non-hydrogen) atoms. The van der Waals surface area contributed by atoms with Crippen molar-refractivity contribution < 1.29 is 19.1 Å². The second kappa shape index (κ2) is 6.23. The molecule has 1 heterocycles. The van der Waals surface area contributed by atoms with Gasteiger partial charge in [0, 0.05) is 11.0 Å². The number of nitrogens with zero attached hydrogens (tertiary/aromatic N) is 1. The van der Waals surface area contributed by atoms with E-state index in [1.807, 2.05) is 0 Å². The Kier molecular flexibility index (Phi) is 4.61. The number of rotatable bonds is 3. The lowest BCUT2D eigenvalue weighted by atomic mass is 10.1. The Hall–Kier alpha value is -1.60. The Bertz CT molecular complexity index is 535. The van der Waals surface area contributed by atoms with Crippen LogP contribution in [0.25, 0.3) is 0 Å². The minimum atomic E-state index is -0.746. The standard InChI is InChI=1S/C13H15BrN2O4/c1-19-11-6-8(14)2-3-9(11)13(18)16-4-5-20-7-10(16)12(15)17/h2-3,6,10H,4-5,7H2,1H3,(H2,15,17). The van der Waals surface area contributed by atoms with E-state index < -0.39 is 11.9 Å². The van der Waals surface area contributed by atoms with Gasteiger partial charge in [0.2, 0.25) is 5.91 Å². The van der Waals surface area contributed by atoms with E-state index in [1.165, 1.54) is 12.0 Å². The number of ether oxygens (including phenoxy) is 2. The normalized spacial score (nSPS) is 18.7. The quantitative estimate of drug-likeness (QED) is 0.880. The number of primary amides is 1. The number of hydrogen-bond acceptors (Lipinski definition) is 4. The highest BCUT2D eigenvalue weighted by Crippen LogP contribution is 2.25. The summed E-state index contributed by atoms with van der Waals surface area (Å²) in [6.07, 6.45) is 0. The Morgan fingerprint density at radius 1 is 1.50 bits per heavy atom. The van der Waals surface area contributed by atoms with Gasteiger partial charge in [-0.3, -0.25) is 9.59 Å². The van der Waals surface area contributed by atoms with Gasteiger partial charge < -0.3 is 20.1 Å². The zero-order valence-corrected chi connectivity index (χ0v) is 12.6. The van der Waals surface area contributed by atoms with E-state index in [1.54, 1.807) is 18.2 Å². The molecule has 108 valence electrons. The average molecular weight is 343 g/mol. The third-order valence-corrected chi connectivity index (χ3v) is 3.60. The molecule has 1 fully saturated rings. The van der Waals surface area contributed by atoms with Gasteiger partial charge in [-0.2, -0.15) is 0 Å². The van der Waals surface area contributed by atoms with Crippen LogP contribution in [0.2, 0.25) is 0 Å². The maximum Gasteiger partial charge on any atom is 0.258 e. The predicted octanol–water partition coefficient (Wildman–Crippen LogP) is 0.784. The van der Waals surface area contributed by atoms with E-state index >= 15 is 0 Å². The summed E-state index contributed by atoms with van der Waals surface area (Å²) in [5, 5.41) is 0. The molecule has 0 aliphatic carbocycles. The van der Waals surface area contributed by atoms with E-state index in [9.17, 15) is 9.59 Å². The van der Waals surface area contributed by atoms with Gasteiger partial charge >= 0.3 is 0 Å². The number of carbonyl (C=O) groups is 2. The third kappa shape index (κ3) is 2.94. The highest BCUT2D eigenvalue weighted by Gasteiger charge is 2.33. The molecule has 6 nitrogen and oxygen atoms in total. The van der Waals surface area contributed by atoms with Crippen molar-refractivity contribution in [3.63, 3.8) is 0 Å². The van der Waals surface area contributed by atoms with Crippen molar-refractivity contribution in [2.75, 3.05) is 26.9 Å². The molecule has 0 radical (unpaired) electrons. The van der Waals surface area contributed by atoms with Crippen LogP contribution < -0.4 is 10.5 Å². The topological polar surface area (TPSA) is 81.9 Å². The lowest BCUT2D eigenvalue weighted by Crippen LogP contribution is -2.54. The molecule has 0 saturated carbocycles. The largest absolute Gasteiger partial charge is 0.496 e. The van der Waals surface area contributed by atoms with Crippen LogP contribution in [0.5, 0.6) is 5.75 Å². The van der Waals surface area contributed by atoms with Crippen LogP contribution in [0.4, 0.5) is 0 Å². The van der Waals surface area contributed by atoms with Crippen LogP contribution in [0.15, 0.2) is 22.7 Å².